The van der Waals surface area contributed by atoms with Crippen LogP contribution < -0.4 is 0 Å². The smallest absolute Gasteiger partial charge is 0.0848 e. The Hall–Kier alpha value is -1.96. The van der Waals surface area contributed by atoms with E-state index in [0.29, 0.717) is 0 Å². The molecule has 2 heterocycles. The number of aryl methyl sites for hydroxylation is 1. The Morgan fingerprint density at radius 1 is 1.12 bits per heavy atom. The van der Waals surface area contributed by atoms with Crippen molar-refractivity contribution in [3.05, 3.63) is 59.4 Å². The maximum absolute atomic E-state index is 4.64. The summed E-state index contributed by atoms with van der Waals surface area (Å²) in [6.45, 7) is 2.09. The summed E-state index contributed by atoms with van der Waals surface area (Å²) >= 11 is 0. The van der Waals surface area contributed by atoms with Crippen molar-refractivity contribution >= 4 is 11.4 Å². The van der Waals surface area contributed by atoms with Crippen LogP contribution in [0.5, 0.6) is 0 Å². The second-order valence-corrected chi connectivity index (χ2v) is 4.08. The quantitative estimate of drug-likeness (QED) is 0.707. The number of benzene rings is 1. The fourth-order valence-electron chi connectivity index (χ4n) is 1.97. The molecule has 1 aromatic carbocycles. The van der Waals surface area contributed by atoms with Gasteiger partial charge in [0.25, 0.3) is 0 Å². The van der Waals surface area contributed by atoms with Gasteiger partial charge in [0.05, 0.1) is 17.1 Å². The predicted molar refractivity (Wildman–Crippen MR) is 65.3 cm³/mol. The van der Waals surface area contributed by atoms with Gasteiger partial charge in [-0.05, 0) is 36.2 Å². The molecule has 0 aliphatic carbocycles. The largest absolute Gasteiger partial charge is 0.255 e. The molecule has 0 atom stereocenters. The minimum absolute atomic E-state index is 0.895. The zero-order valence-electron chi connectivity index (χ0n) is 9.14. The Balaban J connectivity index is 2.02. The third-order valence-corrected chi connectivity index (χ3v) is 2.81. The molecule has 78 valence electrons. The molecule has 0 fully saturated rings. The van der Waals surface area contributed by atoms with Gasteiger partial charge in [0, 0.05) is 12.6 Å². The molecule has 0 unspecified atom stereocenters. The molecule has 0 amide bonds. The molecule has 2 heteroatoms. The predicted octanol–water partition coefficient (Wildman–Crippen LogP) is 3.07. The van der Waals surface area contributed by atoms with E-state index in [2.05, 4.69) is 35.1 Å². The lowest BCUT2D eigenvalue weighted by atomic mass is 10.1. The maximum Gasteiger partial charge on any atom is 0.0848 e. The van der Waals surface area contributed by atoms with E-state index in [1.54, 1.807) is 0 Å². The summed E-state index contributed by atoms with van der Waals surface area (Å²) in [5.41, 5.74) is 5.70. The number of aliphatic imine (C=N–C) groups is 1. The normalized spacial score (nSPS) is 13.4. The summed E-state index contributed by atoms with van der Waals surface area (Å²) in [6.07, 6.45) is 2.71. The van der Waals surface area contributed by atoms with Crippen LogP contribution in [0.4, 0.5) is 5.69 Å². The fourth-order valence-corrected chi connectivity index (χ4v) is 1.97. The molecular weight excluding hydrogens is 196 g/mol. The van der Waals surface area contributed by atoms with E-state index < -0.39 is 0 Å². The highest BCUT2D eigenvalue weighted by atomic mass is 14.8. The van der Waals surface area contributed by atoms with E-state index in [1.807, 2.05) is 24.4 Å². The lowest BCUT2D eigenvalue weighted by molar-refractivity contribution is 1.26. The summed E-state index contributed by atoms with van der Waals surface area (Å²) in [4.78, 5) is 8.97. The minimum atomic E-state index is 0.895. The number of aromatic nitrogens is 1. The lowest BCUT2D eigenvalue weighted by Crippen LogP contribution is -2.02. The zero-order valence-corrected chi connectivity index (χ0v) is 9.14. The van der Waals surface area contributed by atoms with E-state index in [4.69, 9.17) is 0 Å². The molecule has 2 nitrogen and oxygen atoms in total. The number of hydrogen-bond acceptors (Lipinski definition) is 2. The van der Waals surface area contributed by atoms with Crippen molar-refractivity contribution in [1.29, 1.82) is 0 Å². The van der Waals surface area contributed by atoms with Gasteiger partial charge in [-0.25, -0.2) is 0 Å². The number of pyridine rings is 1. The molecule has 1 aliphatic heterocycles. The van der Waals surface area contributed by atoms with Crippen LogP contribution in [0.2, 0.25) is 0 Å². The molecule has 0 radical (unpaired) electrons. The molecular formula is C14H12N2. The van der Waals surface area contributed by atoms with Crippen LogP contribution in [0.3, 0.4) is 0 Å². The van der Waals surface area contributed by atoms with E-state index in [0.717, 1.165) is 23.5 Å². The van der Waals surface area contributed by atoms with Gasteiger partial charge in [-0.2, -0.15) is 0 Å². The van der Waals surface area contributed by atoms with Crippen LogP contribution in [0.1, 0.15) is 16.8 Å². The van der Waals surface area contributed by atoms with E-state index >= 15 is 0 Å². The van der Waals surface area contributed by atoms with Crippen molar-refractivity contribution in [1.82, 2.24) is 4.98 Å². The lowest BCUT2D eigenvalue weighted by Gasteiger charge is -1.97. The van der Waals surface area contributed by atoms with Crippen LogP contribution in [0, 0.1) is 6.92 Å². The van der Waals surface area contributed by atoms with Crippen molar-refractivity contribution in [2.24, 2.45) is 4.99 Å². The first kappa shape index (κ1) is 9.28. The van der Waals surface area contributed by atoms with Gasteiger partial charge >= 0.3 is 0 Å². The van der Waals surface area contributed by atoms with E-state index in [-0.39, 0.29) is 0 Å². The van der Waals surface area contributed by atoms with E-state index in [9.17, 15) is 0 Å². The Morgan fingerprint density at radius 2 is 2.06 bits per heavy atom. The minimum Gasteiger partial charge on any atom is -0.255 e. The third kappa shape index (κ3) is 1.52. The topological polar surface area (TPSA) is 25.2 Å². The monoisotopic (exact) mass is 208 g/mol. The van der Waals surface area contributed by atoms with Gasteiger partial charge in [-0.1, -0.05) is 18.2 Å². The molecule has 3 rings (SSSR count). The maximum atomic E-state index is 4.64. The van der Waals surface area contributed by atoms with E-state index in [1.165, 1.54) is 11.1 Å². The summed E-state index contributed by atoms with van der Waals surface area (Å²) < 4.78 is 0. The van der Waals surface area contributed by atoms with Gasteiger partial charge in [-0.3, -0.25) is 9.98 Å². The van der Waals surface area contributed by atoms with Gasteiger partial charge in [0.1, 0.15) is 0 Å². The van der Waals surface area contributed by atoms with Crippen molar-refractivity contribution in [2.45, 2.75) is 13.3 Å². The first-order valence-corrected chi connectivity index (χ1v) is 5.41. The second kappa shape index (κ2) is 3.56. The van der Waals surface area contributed by atoms with Crippen LogP contribution in [0.25, 0.3) is 0 Å². The van der Waals surface area contributed by atoms with Crippen molar-refractivity contribution < 1.29 is 0 Å². The summed E-state index contributed by atoms with van der Waals surface area (Å²) in [6, 6.07) is 12.4. The van der Waals surface area contributed by atoms with Crippen molar-refractivity contribution in [2.75, 3.05) is 0 Å². The summed E-state index contributed by atoms with van der Waals surface area (Å²) in [5.74, 6) is 0. The Kier molecular flexibility index (Phi) is 2.07. The van der Waals surface area contributed by atoms with Crippen LogP contribution in [-0.2, 0) is 6.42 Å². The SMILES string of the molecule is Cc1ccc2c(c1)N=C(c1ccccn1)C2. The molecule has 1 aromatic heterocycles. The average Bonchev–Trinajstić information content (AvgIpc) is 2.73. The number of nitrogens with zero attached hydrogens (tertiary/aromatic N) is 2. The Bertz CT molecular complexity index is 556. The molecule has 0 N–H and O–H groups in total. The number of hydrogen-bond donors (Lipinski definition) is 0. The number of rotatable bonds is 1. The van der Waals surface area contributed by atoms with Crippen LogP contribution in [-0.4, -0.2) is 10.7 Å². The molecule has 0 saturated heterocycles. The average molecular weight is 208 g/mol. The zero-order chi connectivity index (χ0) is 11.0. The fraction of sp³-hybridized carbons (Fsp3) is 0.143. The molecule has 16 heavy (non-hydrogen) atoms. The first-order valence-electron chi connectivity index (χ1n) is 5.41. The first-order chi connectivity index (χ1) is 7.83. The van der Waals surface area contributed by atoms with Gasteiger partial charge < -0.3 is 0 Å². The molecule has 0 bridgehead atoms. The number of fused-ring (bicyclic) bond motifs is 1. The standard InChI is InChI=1S/C14H12N2/c1-10-5-6-11-9-14(16-13(11)8-10)12-4-2-3-7-15-12/h2-8H,9H2,1H3. The van der Waals surface area contributed by atoms with Crippen LogP contribution in [0.15, 0.2) is 47.6 Å². The van der Waals surface area contributed by atoms with Gasteiger partial charge in [-0.15, -0.1) is 0 Å². The summed E-state index contributed by atoms with van der Waals surface area (Å²) in [5, 5.41) is 0. The van der Waals surface area contributed by atoms with Crippen molar-refractivity contribution in [3.8, 4) is 0 Å². The van der Waals surface area contributed by atoms with Gasteiger partial charge in [0.2, 0.25) is 0 Å². The molecule has 1 aliphatic rings. The Morgan fingerprint density at radius 3 is 2.88 bits per heavy atom. The van der Waals surface area contributed by atoms with Crippen LogP contribution >= 0.6 is 0 Å². The highest BCUT2D eigenvalue weighted by Crippen LogP contribution is 2.29. The third-order valence-electron chi connectivity index (χ3n) is 2.81. The molecule has 2 aromatic rings. The molecule has 0 spiro atoms. The van der Waals surface area contributed by atoms with Crippen molar-refractivity contribution in [3.63, 3.8) is 0 Å². The Labute approximate surface area is 94.7 Å². The highest BCUT2D eigenvalue weighted by Gasteiger charge is 2.16. The second-order valence-electron chi connectivity index (χ2n) is 4.08. The van der Waals surface area contributed by atoms with Gasteiger partial charge in [0.15, 0.2) is 0 Å². The molecule has 0 saturated carbocycles. The highest BCUT2D eigenvalue weighted by molar-refractivity contribution is 6.05. The summed E-state index contributed by atoms with van der Waals surface area (Å²) in [7, 11) is 0.